The molecule has 0 radical (unpaired) electrons. The SMILES string of the molecule is O=C([O-])C(=O)[O-].[Na+].[Na+].c1ccncc1. The van der Waals surface area contributed by atoms with E-state index in [1.54, 1.807) is 12.4 Å². The Kier molecular flexibility index (Phi) is 18.4. The molecule has 0 aliphatic heterocycles. The van der Waals surface area contributed by atoms with Crippen LogP contribution in [0.15, 0.2) is 30.6 Å². The summed E-state index contributed by atoms with van der Waals surface area (Å²) in [6.45, 7) is 0. The quantitative estimate of drug-likeness (QED) is 0.315. The number of carboxylic acids is 2. The number of carboxylic acid groups (broad SMARTS) is 2. The van der Waals surface area contributed by atoms with Crippen molar-refractivity contribution in [2.24, 2.45) is 0 Å². The maximum atomic E-state index is 8.93. The van der Waals surface area contributed by atoms with Crippen LogP contribution in [-0.4, -0.2) is 16.9 Å². The van der Waals surface area contributed by atoms with Gasteiger partial charge in [0, 0.05) is 12.4 Å². The zero-order valence-corrected chi connectivity index (χ0v) is 12.0. The number of carbonyl (C=O) groups excluding carboxylic acids is 2. The Balaban J connectivity index is -0.000000151. The van der Waals surface area contributed by atoms with Gasteiger partial charge in [0.05, 0.1) is 11.9 Å². The minimum atomic E-state index is -2.19. The summed E-state index contributed by atoms with van der Waals surface area (Å²) in [5.41, 5.74) is 0. The largest absolute Gasteiger partial charge is 1.00 e. The molecule has 0 fully saturated rings. The van der Waals surface area contributed by atoms with E-state index in [-0.39, 0.29) is 59.1 Å². The van der Waals surface area contributed by atoms with Gasteiger partial charge in [0.25, 0.3) is 0 Å². The average molecular weight is 213 g/mol. The second-order valence-electron chi connectivity index (χ2n) is 1.60. The number of carbonyl (C=O) groups is 2. The van der Waals surface area contributed by atoms with Crippen LogP contribution in [0.2, 0.25) is 0 Å². The molecule has 0 atom stereocenters. The number of hydrogen-bond donors (Lipinski definition) is 0. The average Bonchev–Trinajstić information content (AvgIpc) is 2.08. The van der Waals surface area contributed by atoms with Crippen LogP contribution >= 0.6 is 0 Å². The molecule has 0 unspecified atom stereocenters. The fourth-order valence-electron chi connectivity index (χ4n) is 0.313. The smallest absolute Gasteiger partial charge is 0.543 e. The van der Waals surface area contributed by atoms with Crippen LogP contribution in [0.4, 0.5) is 0 Å². The zero-order chi connectivity index (χ0) is 9.40. The normalized spacial score (nSPS) is 6.57. The van der Waals surface area contributed by atoms with Gasteiger partial charge in [-0.2, -0.15) is 0 Å². The molecule has 0 aromatic carbocycles. The van der Waals surface area contributed by atoms with Crippen molar-refractivity contribution in [1.82, 2.24) is 4.98 Å². The Labute approximate surface area is 125 Å². The maximum Gasteiger partial charge on any atom is 1.00 e. The second-order valence-corrected chi connectivity index (χ2v) is 1.60. The van der Waals surface area contributed by atoms with Crippen LogP contribution in [-0.2, 0) is 9.59 Å². The summed E-state index contributed by atoms with van der Waals surface area (Å²) in [4.78, 5) is 21.6. The first-order valence-corrected chi connectivity index (χ1v) is 2.92. The maximum absolute atomic E-state index is 8.93. The van der Waals surface area contributed by atoms with Crippen molar-refractivity contribution in [3.8, 4) is 0 Å². The van der Waals surface area contributed by atoms with Gasteiger partial charge in [-0.1, -0.05) is 6.07 Å². The van der Waals surface area contributed by atoms with E-state index in [9.17, 15) is 0 Å². The fraction of sp³-hybridized carbons (Fsp3) is 0. The predicted octanol–water partition coefficient (Wildman–Crippen LogP) is -8.42. The summed E-state index contributed by atoms with van der Waals surface area (Å²) in [6.07, 6.45) is 3.50. The van der Waals surface area contributed by atoms with Crippen LogP contribution in [0, 0.1) is 0 Å². The molecule has 1 aromatic heterocycles. The number of hydrogen-bond acceptors (Lipinski definition) is 5. The van der Waals surface area contributed by atoms with Crippen molar-refractivity contribution < 1.29 is 78.9 Å². The molecule has 0 amide bonds. The van der Waals surface area contributed by atoms with E-state index in [0.717, 1.165) is 0 Å². The summed E-state index contributed by atoms with van der Waals surface area (Å²) in [5.74, 6) is -4.37. The van der Waals surface area contributed by atoms with Gasteiger partial charge in [-0.25, -0.2) is 0 Å². The molecule has 0 saturated heterocycles. The van der Waals surface area contributed by atoms with Crippen molar-refractivity contribution in [2.75, 3.05) is 0 Å². The van der Waals surface area contributed by atoms with Crippen molar-refractivity contribution in [3.63, 3.8) is 0 Å². The standard InChI is InChI=1S/C5H5N.C2H2O4.2Na/c1-2-4-6-5-3-1;3-1(4)2(5)6;;/h1-5H;(H,3,4)(H,5,6);;/q;;2*+1/p-2. The summed E-state index contributed by atoms with van der Waals surface area (Å²) < 4.78 is 0. The molecule has 7 heteroatoms. The summed E-state index contributed by atoms with van der Waals surface area (Å²) in [6, 6.07) is 5.72. The Morgan fingerprint density at radius 1 is 0.857 bits per heavy atom. The van der Waals surface area contributed by atoms with Crippen LogP contribution in [0.25, 0.3) is 0 Å². The van der Waals surface area contributed by atoms with E-state index >= 15 is 0 Å². The van der Waals surface area contributed by atoms with Gasteiger partial charge in [-0.15, -0.1) is 0 Å². The predicted molar refractivity (Wildman–Crippen MR) is 34.3 cm³/mol. The zero-order valence-electron chi connectivity index (χ0n) is 7.97. The first-order valence-electron chi connectivity index (χ1n) is 2.92. The third-order valence-corrected chi connectivity index (χ3v) is 0.733. The third-order valence-electron chi connectivity index (χ3n) is 0.733. The Morgan fingerprint density at radius 3 is 1.29 bits per heavy atom. The Bertz CT molecular complexity index is 216. The van der Waals surface area contributed by atoms with E-state index in [0.29, 0.717) is 0 Å². The minimum absolute atomic E-state index is 0. The van der Waals surface area contributed by atoms with Crippen LogP contribution in [0.3, 0.4) is 0 Å². The molecule has 0 aliphatic carbocycles. The summed E-state index contributed by atoms with van der Waals surface area (Å²) in [7, 11) is 0. The van der Waals surface area contributed by atoms with E-state index in [2.05, 4.69) is 4.98 Å². The number of rotatable bonds is 0. The Morgan fingerprint density at radius 2 is 1.21 bits per heavy atom. The molecule has 1 rings (SSSR count). The summed E-state index contributed by atoms with van der Waals surface area (Å²) >= 11 is 0. The molecule has 0 bridgehead atoms. The van der Waals surface area contributed by atoms with Crippen molar-refractivity contribution in [3.05, 3.63) is 30.6 Å². The van der Waals surface area contributed by atoms with Crippen molar-refractivity contribution in [2.45, 2.75) is 0 Å². The van der Waals surface area contributed by atoms with Crippen molar-refractivity contribution >= 4 is 11.9 Å². The first-order chi connectivity index (χ1) is 5.64. The topological polar surface area (TPSA) is 93.1 Å². The van der Waals surface area contributed by atoms with Gasteiger partial charge in [0.2, 0.25) is 0 Å². The molecule has 0 saturated carbocycles. The molecule has 14 heavy (non-hydrogen) atoms. The molecule has 0 spiro atoms. The van der Waals surface area contributed by atoms with Gasteiger partial charge < -0.3 is 19.8 Å². The van der Waals surface area contributed by atoms with Gasteiger partial charge in [-0.3, -0.25) is 4.98 Å². The van der Waals surface area contributed by atoms with E-state index in [4.69, 9.17) is 19.8 Å². The molecular formula is C7H5NNa2O4. The number of aliphatic carboxylic acids is 2. The molecule has 1 heterocycles. The van der Waals surface area contributed by atoms with E-state index in [1.165, 1.54) is 0 Å². The first kappa shape index (κ1) is 19.6. The molecule has 0 N–H and O–H groups in total. The van der Waals surface area contributed by atoms with Gasteiger partial charge >= 0.3 is 59.1 Å². The number of pyridine rings is 1. The second kappa shape index (κ2) is 13.1. The Hall–Kier alpha value is 0.0900. The molecule has 5 nitrogen and oxygen atoms in total. The van der Waals surface area contributed by atoms with Gasteiger partial charge in [-0.05, 0) is 12.1 Å². The van der Waals surface area contributed by atoms with Crippen molar-refractivity contribution in [1.29, 1.82) is 0 Å². The monoisotopic (exact) mass is 213 g/mol. The number of aromatic nitrogens is 1. The number of nitrogens with zero attached hydrogens (tertiary/aromatic N) is 1. The third kappa shape index (κ3) is 14.6. The van der Waals surface area contributed by atoms with Crippen LogP contribution in [0.5, 0.6) is 0 Å². The molecule has 0 aliphatic rings. The summed E-state index contributed by atoms with van der Waals surface area (Å²) in [5, 5.41) is 17.9. The van der Waals surface area contributed by atoms with Crippen LogP contribution in [0.1, 0.15) is 0 Å². The molecule has 64 valence electrons. The van der Waals surface area contributed by atoms with Crippen LogP contribution < -0.4 is 69.3 Å². The molecule has 1 aromatic rings. The van der Waals surface area contributed by atoms with Gasteiger partial charge in [0.15, 0.2) is 0 Å². The van der Waals surface area contributed by atoms with Gasteiger partial charge in [0.1, 0.15) is 0 Å². The van der Waals surface area contributed by atoms with E-state index in [1.807, 2.05) is 18.2 Å². The molecular weight excluding hydrogens is 208 g/mol. The fourth-order valence-corrected chi connectivity index (χ4v) is 0.313. The van der Waals surface area contributed by atoms with E-state index < -0.39 is 11.9 Å². The minimum Gasteiger partial charge on any atom is -0.543 e.